The minimum Gasteiger partial charge on any atom is -0.352 e. The zero-order valence-corrected chi connectivity index (χ0v) is 12.6. The van der Waals surface area contributed by atoms with Crippen molar-refractivity contribution in [2.45, 2.75) is 11.3 Å². The summed E-state index contributed by atoms with van der Waals surface area (Å²) in [4.78, 5) is 12.2. The van der Waals surface area contributed by atoms with Crippen LogP contribution in [-0.2, 0) is 16.3 Å². The Kier molecular flexibility index (Phi) is 4.75. The lowest BCUT2D eigenvalue weighted by Crippen LogP contribution is -2.25. The molecule has 0 saturated heterocycles. The van der Waals surface area contributed by atoms with Crippen molar-refractivity contribution >= 4 is 15.7 Å². The van der Waals surface area contributed by atoms with Gasteiger partial charge in [-0.05, 0) is 30.2 Å². The molecule has 0 aliphatic rings. The van der Waals surface area contributed by atoms with E-state index >= 15 is 0 Å². The average Bonchev–Trinajstić information content (AvgIpc) is 2.47. The molecule has 0 aromatic heterocycles. The minimum absolute atomic E-state index is 0.151. The maximum atomic E-state index is 12.0. The third-order valence-electron chi connectivity index (χ3n) is 3.07. The van der Waals surface area contributed by atoms with Gasteiger partial charge in [-0.2, -0.15) is 0 Å². The molecule has 0 unspecified atom stereocenters. The Balaban J connectivity index is 1.98. The van der Waals surface area contributed by atoms with Crippen molar-refractivity contribution in [1.29, 1.82) is 0 Å². The zero-order chi connectivity index (χ0) is 15.3. The molecule has 21 heavy (non-hydrogen) atoms. The highest BCUT2D eigenvalue weighted by molar-refractivity contribution is 7.90. The summed E-state index contributed by atoms with van der Waals surface area (Å²) in [5, 5.41) is 2.79. The third kappa shape index (κ3) is 4.43. The summed E-state index contributed by atoms with van der Waals surface area (Å²) in [5.41, 5.74) is 1.49. The molecule has 0 spiro atoms. The molecule has 2 aromatic rings. The largest absolute Gasteiger partial charge is 0.352 e. The Labute approximate surface area is 124 Å². The maximum absolute atomic E-state index is 12.0. The van der Waals surface area contributed by atoms with Crippen LogP contribution in [0, 0.1) is 0 Å². The summed E-state index contributed by atoms with van der Waals surface area (Å²) < 4.78 is 23.0. The fourth-order valence-corrected chi connectivity index (χ4v) is 2.60. The summed E-state index contributed by atoms with van der Waals surface area (Å²) in [6.07, 6.45) is 1.86. The Morgan fingerprint density at radius 2 is 1.76 bits per heavy atom. The second kappa shape index (κ2) is 6.54. The van der Waals surface area contributed by atoms with E-state index in [-0.39, 0.29) is 10.8 Å². The molecule has 110 valence electrons. The van der Waals surface area contributed by atoms with E-state index in [0.717, 1.165) is 18.2 Å². The lowest BCUT2D eigenvalue weighted by molar-refractivity contribution is 0.0954. The van der Waals surface area contributed by atoms with Gasteiger partial charge in [0.05, 0.1) is 4.90 Å². The lowest BCUT2D eigenvalue weighted by atomic mass is 10.1. The predicted octanol–water partition coefficient (Wildman–Crippen LogP) is 2.06. The molecule has 0 radical (unpaired) electrons. The fourth-order valence-electron chi connectivity index (χ4n) is 1.94. The smallest absolute Gasteiger partial charge is 0.251 e. The molecule has 2 aromatic carbocycles. The number of amides is 1. The highest BCUT2D eigenvalue weighted by atomic mass is 32.2. The van der Waals surface area contributed by atoms with Gasteiger partial charge in [0.2, 0.25) is 0 Å². The van der Waals surface area contributed by atoms with E-state index in [9.17, 15) is 13.2 Å². The predicted molar refractivity (Wildman–Crippen MR) is 82.0 cm³/mol. The van der Waals surface area contributed by atoms with Crippen molar-refractivity contribution in [1.82, 2.24) is 5.32 Å². The van der Waals surface area contributed by atoms with Crippen LogP contribution in [0.2, 0.25) is 0 Å². The number of rotatable bonds is 5. The van der Waals surface area contributed by atoms with Gasteiger partial charge in [-0.15, -0.1) is 0 Å². The van der Waals surface area contributed by atoms with Crippen molar-refractivity contribution in [2.24, 2.45) is 0 Å². The van der Waals surface area contributed by atoms with Crippen LogP contribution in [-0.4, -0.2) is 27.1 Å². The van der Waals surface area contributed by atoms with Gasteiger partial charge in [-0.1, -0.05) is 36.4 Å². The molecule has 0 aliphatic carbocycles. The summed E-state index contributed by atoms with van der Waals surface area (Å²) >= 11 is 0. The molecule has 0 heterocycles. The van der Waals surface area contributed by atoms with Gasteiger partial charge in [0.1, 0.15) is 0 Å². The Hall–Kier alpha value is -2.14. The first-order valence-corrected chi connectivity index (χ1v) is 8.48. The van der Waals surface area contributed by atoms with Crippen LogP contribution in [0.4, 0.5) is 0 Å². The maximum Gasteiger partial charge on any atom is 0.251 e. The first-order valence-electron chi connectivity index (χ1n) is 6.59. The summed E-state index contributed by atoms with van der Waals surface area (Å²) in [5.74, 6) is -0.267. The van der Waals surface area contributed by atoms with Gasteiger partial charge >= 0.3 is 0 Å². The molecule has 0 saturated carbocycles. The van der Waals surface area contributed by atoms with Crippen LogP contribution in [0.25, 0.3) is 0 Å². The fraction of sp³-hybridized carbons (Fsp3) is 0.188. The molecular weight excluding hydrogens is 286 g/mol. The first-order chi connectivity index (χ1) is 9.97. The monoisotopic (exact) mass is 303 g/mol. The van der Waals surface area contributed by atoms with Gasteiger partial charge in [0, 0.05) is 18.4 Å². The van der Waals surface area contributed by atoms with Gasteiger partial charge in [0.25, 0.3) is 5.91 Å². The zero-order valence-electron chi connectivity index (χ0n) is 11.7. The molecule has 0 fully saturated rings. The Morgan fingerprint density at radius 3 is 2.43 bits per heavy atom. The van der Waals surface area contributed by atoms with E-state index in [1.165, 1.54) is 12.1 Å². The van der Waals surface area contributed by atoms with E-state index in [1.807, 2.05) is 30.3 Å². The topological polar surface area (TPSA) is 63.2 Å². The van der Waals surface area contributed by atoms with E-state index < -0.39 is 9.84 Å². The van der Waals surface area contributed by atoms with Crippen molar-refractivity contribution in [3.63, 3.8) is 0 Å². The third-order valence-corrected chi connectivity index (χ3v) is 4.18. The van der Waals surface area contributed by atoms with Crippen LogP contribution >= 0.6 is 0 Å². The second-order valence-corrected chi connectivity index (χ2v) is 6.81. The molecule has 4 nitrogen and oxygen atoms in total. The van der Waals surface area contributed by atoms with E-state index in [1.54, 1.807) is 12.1 Å². The van der Waals surface area contributed by atoms with Crippen LogP contribution in [0.1, 0.15) is 15.9 Å². The molecule has 1 amide bonds. The van der Waals surface area contributed by atoms with Crippen molar-refractivity contribution < 1.29 is 13.2 Å². The van der Waals surface area contributed by atoms with Crippen LogP contribution in [0.15, 0.2) is 59.5 Å². The van der Waals surface area contributed by atoms with E-state index in [4.69, 9.17) is 0 Å². The van der Waals surface area contributed by atoms with E-state index in [2.05, 4.69) is 5.32 Å². The van der Waals surface area contributed by atoms with Crippen molar-refractivity contribution in [3.8, 4) is 0 Å². The first kappa shape index (κ1) is 15.3. The number of sulfone groups is 1. The Bertz CT molecular complexity index is 724. The van der Waals surface area contributed by atoms with Crippen molar-refractivity contribution in [3.05, 3.63) is 65.7 Å². The molecule has 1 N–H and O–H groups in total. The highest BCUT2D eigenvalue weighted by Crippen LogP contribution is 2.11. The number of hydrogen-bond donors (Lipinski definition) is 1. The molecule has 0 bridgehead atoms. The second-order valence-electron chi connectivity index (χ2n) is 4.79. The Morgan fingerprint density at radius 1 is 1.05 bits per heavy atom. The summed E-state index contributed by atoms with van der Waals surface area (Å²) in [6, 6.07) is 15.9. The number of carbonyl (C=O) groups is 1. The lowest BCUT2D eigenvalue weighted by Gasteiger charge is -2.06. The molecule has 0 atom stereocenters. The van der Waals surface area contributed by atoms with Crippen LogP contribution < -0.4 is 5.32 Å². The minimum atomic E-state index is -3.30. The SMILES string of the molecule is CS(=O)(=O)c1cccc(C(=O)NCCc2ccccc2)c1. The molecular formula is C16H17NO3S. The normalized spacial score (nSPS) is 11.1. The standard InChI is InChI=1S/C16H17NO3S/c1-21(19,20)15-9-5-8-14(12-15)16(18)17-11-10-13-6-3-2-4-7-13/h2-9,12H,10-11H2,1H3,(H,17,18). The van der Waals surface area contributed by atoms with Gasteiger partial charge < -0.3 is 5.32 Å². The van der Waals surface area contributed by atoms with Crippen LogP contribution in [0.3, 0.4) is 0 Å². The number of hydrogen-bond acceptors (Lipinski definition) is 3. The number of carbonyl (C=O) groups excluding carboxylic acids is 1. The molecule has 0 aliphatic heterocycles. The summed E-state index contributed by atoms with van der Waals surface area (Å²) in [6.45, 7) is 0.506. The van der Waals surface area contributed by atoms with Gasteiger partial charge in [-0.3, -0.25) is 4.79 Å². The van der Waals surface area contributed by atoms with E-state index in [0.29, 0.717) is 12.1 Å². The van der Waals surface area contributed by atoms with Gasteiger partial charge in [0.15, 0.2) is 9.84 Å². The molecule has 2 rings (SSSR count). The van der Waals surface area contributed by atoms with Crippen molar-refractivity contribution in [2.75, 3.05) is 12.8 Å². The number of benzene rings is 2. The quantitative estimate of drug-likeness (QED) is 0.919. The molecule has 5 heteroatoms. The summed E-state index contributed by atoms with van der Waals surface area (Å²) in [7, 11) is -3.30. The van der Waals surface area contributed by atoms with Crippen LogP contribution in [0.5, 0.6) is 0 Å². The van der Waals surface area contributed by atoms with Gasteiger partial charge in [-0.25, -0.2) is 8.42 Å². The highest BCUT2D eigenvalue weighted by Gasteiger charge is 2.11. The average molecular weight is 303 g/mol. The number of nitrogens with one attached hydrogen (secondary N) is 1.